The predicted octanol–water partition coefficient (Wildman–Crippen LogP) is 5.12. The number of benzene rings is 1. The van der Waals surface area contributed by atoms with E-state index in [9.17, 15) is 18.0 Å². The smallest absolute Gasteiger partial charge is 0.367 e. The average Bonchev–Trinajstić information content (AvgIpc) is 3.14. The summed E-state index contributed by atoms with van der Waals surface area (Å²) in [6.45, 7) is 0.722. The van der Waals surface area contributed by atoms with Crippen LogP contribution in [0.5, 0.6) is 0 Å². The number of halogens is 3. The lowest BCUT2D eigenvalue weighted by molar-refractivity contribution is -0.126. The number of aldehydes is 1. The molecule has 1 fully saturated rings. The van der Waals surface area contributed by atoms with Gasteiger partial charge in [0.15, 0.2) is 0 Å². The van der Waals surface area contributed by atoms with Gasteiger partial charge in [0.1, 0.15) is 23.3 Å². The van der Waals surface area contributed by atoms with Crippen LogP contribution in [-0.2, 0) is 13.0 Å². The van der Waals surface area contributed by atoms with Crippen LogP contribution in [0.3, 0.4) is 0 Å². The van der Waals surface area contributed by atoms with E-state index in [2.05, 4.69) is 20.6 Å². The van der Waals surface area contributed by atoms with Crippen molar-refractivity contribution >= 4 is 33.7 Å². The molecule has 2 unspecified atom stereocenters. The summed E-state index contributed by atoms with van der Waals surface area (Å²) >= 11 is 1.06. The van der Waals surface area contributed by atoms with Crippen LogP contribution in [0.15, 0.2) is 36.7 Å². The van der Waals surface area contributed by atoms with E-state index in [1.165, 1.54) is 6.33 Å². The van der Waals surface area contributed by atoms with E-state index in [4.69, 9.17) is 0 Å². The summed E-state index contributed by atoms with van der Waals surface area (Å²) in [5, 5.41) is 7.66. The molecule has 0 radical (unpaired) electrons. The first kappa shape index (κ1) is 21.7. The van der Waals surface area contributed by atoms with Crippen LogP contribution in [0, 0.1) is 0 Å². The second-order valence-corrected chi connectivity index (χ2v) is 9.01. The van der Waals surface area contributed by atoms with Crippen LogP contribution in [-0.4, -0.2) is 34.5 Å². The number of hydrogen-bond acceptors (Lipinski definition) is 6. The van der Waals surface area contributed by atoms with E-state index in [-0.39, 0.29) is 10.9 Å². The maximum absolute atomic E-state index is 12.8. The molecule has 3 aromatic rings. The van der Waals surface area contributed by atoms with Crippen molar-refractivity contribution < 1.29 is 18.0 Å². The standard InChI is InChI=1S/C22H23F3N4OS/c23-22(24,25)10-18-9-19-20(27-13-28-21(19)31-18)29-17-3-1-2-16(8-17)26-11-14-4-6-15(12-30)7-5-14/h4-7,9,12-13,16-17,26H,1-3,8,10-11H2,(H,27,28,29). The Morgan fingerprint density at radius 3 is 2.65 bits per heavy atom. The minimum atomic E-state index is -4.24. The SMILES string of the molecule is O=Cc1ccc(CNC2CCCC(Nc3ncnc4sc(CC(F)(F)F)cc34)C2)cc1. The first-order valence-corrected chi connectivity index (χ1v) is 11.1. The topological polar surface area (TPSA) is 66.9 Å². The predicted molar refractivity (Wildman–Crippen MR) is 116 cm³/mol. The van der Waals surface area contributed by atoms with Crippen molar-refractivity contribution in [3.05, 3.63) is 52.7 Å². The second-order valence-electron chi connectivity index (χ2n) is 7.89. The molecule has 2 heterocycles. The third-order valence-corrected chi connectivity index (χ3v) is 6.52. The highest BCUT2D eigenvalue weighted by molar-refractivity contribution is 7.18. The van der Waals surface area contributed by atoms with E-state index in [1.807, 2.05) is 24.3 Å². The Bertz CT molecular complexity index is 1040. The fourth-order valence-corrected chi connectivity index (χ4v) is 5.01. The molecule has 1 aliphatic carbocycles. The van der Waals surface area contributed by atoms with Gasteiger partial charge in [-0.05, 0) is 37.3 Å². The zero-order valence-electron chi connectivity index (χ0n) is 16.8. The highest BCUT2D eigenvalue weighted by Gasteiger charge is 2.29. The van der Waals surface area contributed by atoms with Crippen LogP contribution >= 0.6 is 11.3 Å². The molecule has 2 atom stereocenters. The van der Waals surface area contributed by atoms with Crippen molar-refractivity contribution in [3.8, 4) is 0 Å². The summed E-state index contributed by atoms with van der Waals surface area (Å²) < 4.78 is 38.3. The van der Waals surface area contributed by atoms with Gasteiger partial charge in [0.05, 0.1) is 11.8 Å². The van der Waals surface area contributed by atoms with Gasteiger partial charge in [-0.25, -0.2) is 9.97 Å². The molecule has 2 aromatic heterocycles. The van der Waals surface area contributed by atoms with Gasteiger partial charge in [0, 0.05) is 29.1 Å². The number of thiophene rings is 1. The van der Waals surface area contributed by atoms with Crippen molar-refractivity contribution in [1.29, 1.82) is 0 Å². The molecule has 5 nitrogen and oxygen atoms in total. The van der Waals surface area contributed by atoms with Gasteiger partial charge < -0.3 is 10.6 Å². The Morgan fingerprint density at radius 1 is 1.13 bits per heavy atom. The zero-order chi connectivity index (χ0) is 21.8. The van der Waals surface area contributed by atoms with Crippen LogP contribution in [0.1, 0.15) is 46.5 Å². The van der Waals surface area contributed by atoms with Crippen molar-refractivity contribution in [1.82, 2.24) is 15.3 Å². The highest BCUT2D eigenvalue weighted by Crippen LogP contribution is 2.33. The lowest BCUT2D eigenvalue weighted by atomic mass is 9.90. The third kappa shape index (κ3) is 5.80. The molecule has 0 spiro atoms. The number of fused-ring (bicyclic) bond motifs is 1. The van der Waals surface area contributed by atoms with Gasteiger partial charge in [-0.15, -0.1) is 11.3 Å². The summed E-state index contributed by atoms with van der Waals surface area (Å²) in [6, 6.07) is 9.58. The van der Waals surface area contributed by atoms with Gasteiger partial charge in [-0.1, -0.05) is 24.3 Å². The monoisotopic (exact) mass is 448 g/mol. The maximum Gasteiger partial charge on any atom is 0.393 e. The number of carbonyl (C=O) groups excluding carboxylic acids is 1. The molecule has 1 aromatic carbocycles. The minimum Gasteiger partial charge on any atom is -0.367 e. The molecular formula is C22H23F3N4OS. The number of rotatable bonds is 7. The van der Waals surface area contributed by atoms with Crippen LogP contribution in [0.2, 0.25) is 0 Å². The van der Waals surface area contributed by atoms with Gasteiger partial charge in [-0.2, -0.15) is 13.2 Å². The molecule has 0 aliphatic heterocycles. The summed E-state index contributed by atoms with van der Waals surface area (Å²) in [5.74, 6) is 0.602. The van der Waals surface area contributed by atoms with Crippen LogP contribution < -0.4 is 10.6 Å². The maximum atomic E-state index is 12.8. The molecule has 2 N–H and O–H groups in total. The van der Waals surface area contributed by atoms with Crippen LogP contribution in [0.4, 0.5) is 19.0 Å². The van der Waals surface area contributed by atoms with E-state index in [0.29, 0.717) is 27.6 Å². The number of alkyl halides is 3. The minimum absolute atomic E-state index is 0.188. The Labute approximate surface area is 182 Å². The zero-order valence-corrected chi connectivity index (χ0v) is 17.6. The molecular weight excluding hydrogens is 425 g/mol. The molecule has 1 aliphatic rings. The summed E-state index contributed by atoms with van der Waals surface area (Å²) in [6.07, 6.45) is 1.05. The number of carbonyl (C=O) groups is 1. The van der Waals surface area contributed by atoms with Crippen molar-refractivity contribution in [2.24, 2.45) is 0 Å². The van der Waals surface area contributed by atoms with Gasteiger partial charge in [-0.3, -0.25) is 4.79 Å². The summed E-state index contributed by atoms with van der Waals surface area (Å²) in [4.78, 5) is 20.0. The van der Waals surface area contributed by atoms with Gasteiger partial charge >= 0.3 is 6.18 Å². The first-order valence-electron chi connectivity index (χ1n) is 10.2. The lowest BCUT2D eigenvalue weighted by Crippen LogP contribution is -2.38. The normalized spacial score (nSPS) is 19.5. The van der Waals surface area contributed by atoms with Gasteiger partial charge in [0.2, 0.25) is 0 Å². The van der Waals surface area contributed by atoms with E-state index >= 15 is 0 Å². The lowest BCUT2D eigenvalue weighted by Gasteiger charge is -2.31. The van der Waals surface area contributed by atoms with Crippen molar-refractivity contribution in [2.75, 3.05) is 5.32 Å². The number of aromatic nitrogens is 2. The summed E-state index contributed by atoms with van der Waals surface area (Å²) in [7, 11) is 0. The number of nitrogens with one attached hydrogen (secondary N) is 2. The van der Waals surface area contributed by atoms with Gasteiger partial charge in [0.25, 0.3) is 0 Å². The molecule has 31 heavy (non-hydrogen) atoms. The van der Waals surface area contributed by atoms with Crippen molar-refractivity contribution in [2.45, 2.75) is 56.9 Å². The van der Waals surface area contributed by atoms with E-state index in [1.54, 1.807) is 6.07 Å². The fourth-order valence-electron chi connectivity index (χ4n) is 3.98. The molecule has 164 valence electrons. The number of nitrogens with zero attached hydrogens (tertiary/aromatic N) is 2. The summed E-state index contributed by atoms with van der Waals surface area (Å²) in [5.41, 5.74) is 1.78. The Balaban J connectivity index is 1.38. The quantitative estimate of drug-likeness (QED) is 0.491. The molecule has 0 bridgehead atoms. The van der Waals surface area contributed by atoms with E-state index in [0.717, 1.165) is 55.4 Å². The Morgan fingerprint density at radius 2 is 1.90 bits per heavy atom. The molecule has 0 amide bonds. The number of anilines is 1. The van der Waals surface area contributed by atoms with Crippen molar-refractivity contribution in [3.63, 3.8) is 0 Å². The molecule has 0 saturated heterocycles. The van der Waals surface area contributed by atoms with Crippen LogP contribution in [0.25, 0.3) is 10.2 Å². The second kappa shape index (κ2) is 9.32. The van der Waals surface area contributed by atoms with E-state index < -0.39 is 12.6 Å². The molecule has 1 saturated carbocycles. The average molecular weight is 449 g/mol. The Kier molecular flexibility index (Phi) is 6.52. The molecule has 9 heteroatoms. The Hall–Kier alpha value is -2.52. The first-order chi connectivity index (χ1) is 14.9. The fraction of sp³-hybridized carbons (Fsp3) is 0.409. The number of hydrogen-bond donors (Lipinski definition) is 2. The molecule has 4 rings (SSSR count). The largest absolute Gasteiger partial charge is 0.393 e. The highest BCUT2D eigenvalue weighted by atomic mass is 32.1. The third-order valence-electron chi connectivity index (χ3n) is 5.48.